The van der Waals surface area contributed by atoms with E-state index in [0.29, 0.717) is 29.1 Å². The van der Waals surface area contributed by atoms with Crippen molar-refractivity contribution in [3.05, 3.63) is 93.3 Å². The highest BCUT2D eigenvalue weighted by molar-refractivity contribution is 7.92. The Labute approximate surface area is 220 Å². The Morgan fingerprint density at radius 3 is 2.32 bits per heavy atom. The van der Waals surface area contributed by atoms with Crippen molar-refractivity contribution in [2.24, 2.45) is 0 Å². The van der Waals surface area contributed by atoms with E-state index in [1.54, 1.807) is 32.4 Å². The highest BCUT2D eigenvalue weighted by atomic mass is 32.2. The largest absolute Gasteiger partial charge is 0.493 e. The topological polar surface area (TPSA) is 127 Å². The Kier molecular flexibility index (Phi) is 7.72. The van der Waals surface area contributed by atoms with Crippen molar-refractivity contribution in [2.45, 2.75) is 25.2 Å². The Morgan fingerprint density at radius 1 is 0.921 bits per heavy atom. The molecule has 9 nitrogen and oxygen atoms in total. The van der Waals surface area contributed by atoms with Gasteiger partial charge in [0.1, 0.15) is 5.56 Å². The summed E-state index contributed by atoms with van der Waals surface area (Å²) in [5.41, 5.74) is 2.93. The lowest BCUT2D eigenvalue weighted by molar-refractivity contribution is 0.0953. The van der Waals surface area contributed by atoms with E-state index in [0.717, 1.165) is 16.7 Å². The summed E-state index contributed by atoms with van der Waals surface area (Å²) >= 11 is 0. The molecule has 4 rings (SSSR count). The zero-order valence-electron chi connectivity index (χ0n) is 21.5. The summed E-state index contributed by atoms with van der Waals surface area (Å²) in [4.78, 5) is 28.8. The van der Waals surface area contributed by atoms with E-state index in [4.69, 9.17) is 9.47 Å². The number of nitrogens with one attached hydrogen (secondary N) is 3. The number of amides is 1. The normalized spacial score (nSPS) is 11.3. The molecule has 1 aromatic heterocycles. The second-order valence-electron chi connectivity index (χ2n) is 8.92. The fraction of sp³-hybridized carbons (Fsp3) is 0.214. The molecule has 0 atom stereocenters. The van der Waals surface area contributed by atoms with E-state index in [1.165, 1.54) is 24.4 Å². The smallest absolute Gasteiger partial charge is 0.261 e. The van der Waals surface area contributed by atoms with Crippen LogP contribution >= 0.6 is 0 Å². The van der Waals surface area contributed by atoms with Gasteiger partial charge in [-0.2, -0.15) is 0 Å². The maximum absolute atomic E-state index is 13.2. The van der Waals surface area contributed by atoms with Gasteiger partial charge in [0.25, 0.3) is 15.9 Å². The molecule has 0 unspecified atom stereocenters. The second-order valence-corrected chi connectivity index (χ2v) is 10.6. The predicted octanol–water partition coefficient (Wildman–Crippen LogP) is 3.94. The zero-order chi connectivity index (χ0) is 27.4. The van der Waals surface area contributed by atoms with Gasteiger partial charge >= 0.3 is 0 Å². The molecule has 0 saturated carbocycles. The molecule has 0 bridgehead atoms. The number of carbonyl (C=O) groups excluding carboxylic acids is 1. The Balaban J connectivity index is 1.53. The number of H-pyrrole nitrogens is 1. The summed E-state index contributed by atoms with van der Waals surface area (Å²) in [6.07, 6.45) is 1.84. The molecule has 0 aliphatic heterocycles. The molecule has 198 valence electrons. The van der Waals surface area contributed by atoms with Gasteiger partial charge in [0.15, 0.2) is 11.5 Å². The van der Waals surface area contributed by atoms with Crippen molar-refractivity contribution >= 4 is 32.5 Å². The summed E-state index contributed by atoms with van der Waals surface area (Å²) in [5, 5.41) is 2.84. The van der Waals surface area contributed by atoms with Crippen molar-refractivity contribution in [2.75, 3.05) is 25.5 Å². The van der Waals surface area contributed by atoms with Crippen LogP contribution in [0.5, 0.6) is 11.5 Å². The molecule has 0 aliphatic carbocycles. The van der Waals surface area contributed by atoms with Crippen LogP contribution in [0.2, 0.25) is 0 Å². The third kappa shape index (κ3) is 5.81. The first-order valence-electron chi connectivity index (χ1n) is 11.9. The van der Waals surface area contributed by atoms with E-state index < -0.39 is 21.4 Å². The van der Waals surface area contributed by atoms with E-state index in [1.807, 2.05) is 32.0 Å². The maximum atomic E-state index is 13.2. The lowest BCUT2D eigenvalue weighted by atomic mass is 10.1. The molecule has 0 aliphatic rings. The van der Waals surface area contributed by atoms with E-state index >= 15 is 0 Å². The van der Waals surface area contributed by atoms with Crippen LogP contribution in [0, 0.1) is 13.8 Å². The number of anilines is 1. The van der Waals surface area contributed by atoms with E-state index in [-0.39, 0.29) is 22.4 Å². The van der Waals surface area contributed by atoms with Gasteiger partial charge in [0.2, 0.25) is 5.43 Å². The minimum Gasteiger partial charge on any atom is -0.493 e. The minimum atomic E-state index is -3.97. The number of rotatable bonds is 9. The van der Waals surface area contributed by atoms with E-state index in [2.05, 4.69) is 15.0 Å². The molecule has 1 amide bonds. The number of fused-ring (bicyclic) bond motifs is 1. The molecule has 1 heterocycles. The van der Waals surface area contributed by atoms with Crippen LogP contribution in [0.15, 0.2) is 70.5 Å². The first-order chi connectivity index (χ1) is 18.1. The van der Waals surface area contributed by atoms with Crippen molar-refractivity contribution in [1.29, 1.82) is 0 Å². The van der Waals surface area contributed by atoms with Crippen molar-refractivity contribution in [1.82, 2.24) is 10.3 Å². The number of aromatic amines is 1. The Bertz CT molecular complexity index is 1660. The quantitative estimate of drug-likeness (QED) is 0.298. The molecule has 38 heavy (non-hydrogen) atoms. The first-order valence-corrected chi connectivity index (χ1v) is 13.4. The molecule has 3 aromatic carbocycles. The number of benzene rings is 3. The van der Waals surface area contributed by atoms with Gasteiger partial charge in [-0.05, 0) is 79.4 Å². The fourth-order valence-electron chi connectivity index (χ4n) is 4.23. The molecule has 3 N–H and O–H groups in total. The Hall–Kier alpha value is -4.31. The van der Waals surface area contributed by atoms with Crippen molar-refractivity contribution in [3.8, 4) is 11.5 Å². The van der Waals surface area contributed by atoms with Crippen LogP contribution < -0.4 is 24.9 Å². The number of aromatic nitrogens is 1. The molecule has 10 heteroatoms. The minimum absolute atomic E-state index is 0.0827. The molecule has 0 fully saturated rings. The van der Waals surface area contributed by atoms with Gasteiger partial charge in [0.05, 0.1) is 19.1 Å². The van der Waals surface area contributed by atoms with Crippen LogP contribution in [0.3, 0.4) is 0 Å². The van der Waals surface area contributed by atoms with Gasteiger partial charge in [0, 0.05) is 29.3 Å². The number of aryl methyl sites for hydroxylation is 2. The predicted molar refractivity (Wildman–Crippen MR) is 147 cm³/mol. The van der Waals surface area contributed by atoms with Crippen molar-refractivity contribution in [3.63, 3.8) is 0 Å². The molecule has 0 radical (unpaired) electrons. The lowest BCUT2D eigenvalue weighted by Crippen LogP contribution is -2.30. The van der Waals surface area contributed by atoms with Crippen molar-refractivity contribution < 1.29 is 22.7 Å². The van der Waals surface area contributed by atoms with Gasteiger partial charge in [-0.1, -0.05) is 12.1 Å². The molecule has 0 spiro atoms. The first kappa shape index (κ1) is 26.7. The van der Waals surface area contributed by atoms with Crippen LogP contribution in [-0.2, 0) is 16.4 Å². The molecular weight excluding hydrogens is 506 g/mol. The third-order valence-corrected chi connectivity index (χ3v) is 7.41. The average molecular weight is 536 g/mol. The summed E-state index contributed by atoms with van der Waals surface area (Å²) in [6.45, 7) is 4.03. The SMILES string of the molecule is COc1ccc(CCNC(=O)c2c[nH]c3ccc(S(=O)(=O)Nc4cc(C)cc(C)c4)cc3c2=O)cc1OC. The number of pyridine rings is 1. The second kappa shape index (κ2) is 11.0. The van der Waals surface area contributed by atoms with Gasteiger partial charge in [-0.3, -0.25) is 14.3 Å². The molecule has 4 aromatic rings. The number of hydrogen-bond acceptors (Lipinski definition) is 6. The summed E-state index contributed by atoms with van der Waals surface area (Å²) in [5.74, 6) is 0.629. The monoisotopic (exact) mass is 535 g/mol. The average Bonchev–Trinajstić information content (AvgIpc) is 2.87. The summed E-state index contributed by atoms with van der Waals surface area (Å²) < 4.78 is 39.2. The van der Waals surface area contributed by atoms with Gasteiger partial charge in [-0.15, -0.1) is 0 Å². The molecular formula is C28H29N3O6S. The number of carbonyl (C=O) groups is 1. The highest BCUT2D eigenvalue weighted by Crippen LogP contribution is 2.27. The third-order valence-electron chi connectivity index (χ3n) is 6.03. The fourth-order valence-corrected chi connectivity index (χ4v) is 5.30. The van der Waals surface area contributed by atoms with Crippen LogP contribution in [0.1, 0.15) is 27.0 Å². The number of methoxy groups -OCH3 is 2. The van der Waals surface area contributed by atoms with Gasteiger partial charge < -0.3 is 19.8 Å². The molecule has 0 saturated heterocycles. The van der Waals surface area contributed by atoms with Crippen LogP contribution in [-0.4, -0.2) is 40.1 Å². The van der Waals surface area contributed by atoms with E-state index in [9.17, 15) is 18.0 Å². The zero-order valence-corrected chi connectivity index (χ0v) is 22.4. The van der Waals surface area contributed by atoms with Crippen LogP contribution in [0.25, 0.3) is 10.9 Å². The highest BCUT2D eigenvalue weighted by Gasteiger charge is 2.18. The summed E-state index contributed by atoms with van der Waals surface area (Å²) in [6, 6.07) is 15.0. The number of hydrogen-bond donors (Lipinski definition) is 3. The van der Waals surface area contributed by atoms with Gasteiger partial charge in [-0.25, -0.2) is 8.42 Å². The lowest BCUT2D eigenvalue weighted by Gasteiger charge is -2.11. The summed E-state index contributed by atoms with van der Waals surface area (Å²) in [7, 11) is -0.865. The Morgan fingerprint density at radius 2 is 1.63 bits per heavy atom. The standard InChI is InChI=1S/C28H29N3O6S/c1-17-11-18(2)13-20(12-17)31-38(34,35)21-6-7-24-22(15-21)27(32)23(16-30-24)28(33)29-10-9-19-5-8-25(36-3)26(14-19)37-4/h5-8,11-16,31H,9-10H2,1-4H3,(H,29,33)(H,30,32). The number of sulfonamides is 1. The van der Waals surface area contributed by atoms with Crippen LogP contribution in [0.4, 0.5) is 5.69 Å². The maximum Gasteiger partial charge on any atom is 0.261 e. The number of ether oxygens (including phenoxy) is 2.